The SMILES string of the molecule is CCN(Cc1cccs1)c1ccc(C(=O)O)c(N)c1. The number of benzene rings is 1. The lowest BCUT2D eigenvalue weighted by Crippen LogP contribution is -2.21. The van der Waals surface area contributed by atoms with Crippen LogP contribution in [-0.2, 0) is 6.54 Å². The predicted molar refractivity (Wildman–Crippen MR) is 78.9 cm³/mol. The number of thiophene rings is 1. The second kappa shape index (κ2) is 5.75. The van der Waals surface area contributed by atoms with Gasteiger partial charge in [-0.25, -0.2) is 4.79 Å². The van der Waals surface area contributed by atoms with Gasteiger partial charge in [0.2, 0.25) is 0 Å². The van der Waals surface area contributed by atoms with Crippen LogP contribution in [0.1, 0.15) is 22.2 Å². The monoisotopic (exact) mass is 276 g/mol. The molecule has 2 rings (SSSR count). The summed E-state index contributed by atoms with van der Waals surface area (Å²) in [5.74, 6) is -0.995. The number of anilines is 2. The highest BCUT2D eigenvalue weighted by Crippen LogP contribution is 2.24. The lowest BCUT2D eigenvalue weighted by molar-refractivity contribution is 0.0698. The van der Waals surface area contributed by atoms with Gasteiger partial charge < -0.3 is 15.7 Å². The highest BCUT2D eigenvalue weighted by molar-refractivity contribution is 7.09. The Bertz CT molecular complexity index is 567. The molecule has 4 nitrogen and oxygen atoms in total. The van der Waals surface area contributed by atoms with Crippen molar-refractivity contribution in [1.29, 1.82) is 0 Å². The molecule has 0 atom stereocenters. The molecule has 0 aliphatic heterocycles. The molecule has 0 bridgehead atoms. The molecule has 19 heavy (non-hydrogen) atoms. The van der Waals surface area contributed by atoms with E-state index in [2.05, 4.69) is 17.9 Å². The molecule has 2 aromatic rings. The predicted octanol–water partition coefficient (Wildman–Crippen LogP) is 3.06. The molecule has 100 valence electrons. The fraction of sp³-hybridized carbons (Fsp3) is 0.214. The molecule has 3 N–H and O–H groups in total. The molecule has 1 aromatic heterocycles. The summed E-state index contributed by atoms with van der Waals surface area (Å²) in [5, 5.41) is 11.0. The van der Waals surface area contributed by atoms with Crippen molar-refractivity contribution < 1.29 is 9.90 Å². The molecule has 1 heterocycles. The molecular formula is C14H16N2O2S. The van der Waals surface area contributed by atoms with Gasteiger partial charge in [0, 0.05) is 22.8 Å². The van der Waals surface area contributed by atoms with Crippen LogP contribution >= 0.6 is 11.3 Å². The Kier molecular flexibility index (Phi) is 4.06. The summed E-state index contributed by atoms with van der Waals surface area (Å²) in [4.78, 5) is 14.4. The highest BCUT2D eigenvalue weighted by atomic mass is 32.1. The molecule has 0 aliphatic rings. The average molecular weight is 276 g/mol. The molecule has 0 amide bonds. The topological polar surface area (TPSA) is 66.6 Å². The van der Waals surface area contributed by atoms with E-state index in [0.717, 1.165) is 18.8 Å². The van der Waals surface area contributed by atoms with Crippen LogP contribution < -0.4 is 10.6 Å². The standard InChI is InChI=1S/C14H16N2O2S/c1-2-16(9-11-4-3-7-19-11)10-5-6-12(14(17)18)13(15)8-10/h3-8H,2,9,15H2,1H3,(H,17,18). The van der Waals surface area contributed by atoms with E-state index in [1.165, 1.54) is 4.88 Å². The molecule has 0 aliphatic carbocycles. The highest BCUT2D eigenvalue weighted by Gasteiger charge is 2.11. The van der Waals surface area contributed by atoms with Crippen molar-refractivity contribution in [3.8, 4) is 0 Å². The van der Waals surface area contributed by atoms with Crippen molar-refractivity contribution in [2.75, 3.05) is 17.2 Å². The minimum atomic E-state index is -0.995. The van der Waals surface area contributed by atoms with Crippen LogP contribution in [0.15, 0.2) is 35.7 Å². The minimum Gasteiger partial charge on any atom is -0.478 e. The molecule has 0 fully saturated rings. The van der Waals surface area contributed by atoms with Crippen molar-refractivity contribution in [3.63, 3.8) is 0 Å². The summed E-state index contributed by atoms with van der Waals surface area (Å²) in [6.07, 6.45) is 0. The van der Waals surface area contributed by atoms with E-state index in [1.807, 2.05) is 11.4 Å². The number of rotatable bonds is 5. The van der Waals surface area contributed by atoms with Crippen molar-refractivity contribution in [2.24, 2.45) is 0 Å². The Balaban J connectivity index is 2.23. The second-order valence-electron chi connectivity index (χ2n) is 4.17. The maximum atomic E-state index is 10.9. The number of nitrogens with zero attached hydrogens (tertiary/aromatic N) is 1. The largest absolute Gasteiger partial charge is 0.478 e. The molecule has 0 unspecified atom stereocenters. The summed E-state index contributed by atoms with van der Waals surface area (Å²) < 4.78 is 0. The van der Waals surface area contributed by atoms with Crippen molar-refractivity contribution >= 4 is 28.7 Å². The van der Waals surface area contributed by atoms with Gasteiger partial charge >= 0.3 is 5.97 Å². The molecule has 5 heteroatoms. The van der Waals surface area contributed by atoms with Gasteiger partial charge in [-0.15, -0.1) is 11.3 Å². The van der Waals surface area contributed by atoms with Crippen LogP contribution in [0.4, 0.5) is 11.4 Å². The van der Waals surface area contributed by atoms with E-state index in [-0.39, 0.29) is 5.56 Å². The van der Waals surface area contributed by atoms with Gasteiger partial charge in [0.05, 0.1) is 12.1 Å². The Morgan fingerprint density at radius 3 is 2.74 bits per heavy atom. The number of carbonyl (C=O) groups is 1. The van der Waals surface area contributed by atoms with E-state index in [4.69, 9.17) is 10.8 Å². The first-order chi connectivity index (χ1) is 9.11. The number of aromatic carboxylic acids is 1. The zero-order valence-electron chi connectivity index (χ0n) is 10.7. The van der Waals surface area contributed by atoms with Crippen LogP contribution in [0.5, 0.6) is 0 Å². The fourth-order valence-electron chi connectivity index (χ4n) is 1.92. The number of hydrogen-bond acceptors (Lipinski definition) is 4. The lowest BCUT2D eigenvalue weighted by Gasteiger charge is -2.23. The fourth-order valence-corrected chi connectivity index (χ4v) is 2.64. The zero-order chi connectivity index (χ0) is 13.8. The van der Waals surface area contributed by atoms with E-state index in [1.54, 1.807) is 29.5 Å². The van der Waals surface area contributed by atoms with Crippen LogP contribution in [0.2, 0.25) is 0 Å². The first-order valence-corrected chi connectivity index (χ1v) is 6.90. The Hall–Kier alpha value is -2.01. The van der Waals surface area contributed by atoms with Crippen molar-refractivity contribution in [1.82, 2.24) is 0 Å². The van der Waals surface area contributed by atoms with Gasteiger partial charge in [0.15, 0.2) is 0 Å². The van der Waals surface area contributed by atoms with E-state index < -0.39 is 5.97 Å². The zero-order valence-corrected chi connectivity index (χ0v) is 11.5. The smallest absolute Gasteiger partial charge is 0.337 e. The van der Waals surface area contributed by atoms with Crippen molar-refractivity contribution in [2.45, 2.75) is 13.5 Å². The van der Waals surface area contributed by atoms with Crippen molar-refractivity contribution in [3.05, 3.63) is 46.2 Å². The van der Waals surface area contributed by atoms with Gasteiger partial charge in [-0.1, -0.05) is 6.07 Å². The number of nitrogen functional groups attached to an aromatic ring is 1. The molecular weight excluding hydrogens is 260 g/mol. The summed E-state index contributed by atoms with van der Waals surface area (Å²) in [6, 6.07) is 9.19. The maximum Gasteiger partial charge on any atom is 0.337 e. The quantitative estimate of drug-likeness (QED) is 0.824. The van der Waals surface area contributed by atoms with Gasteiger partial charge in [-0.05, 0) is 36.6 Å². The lowest BCUT2D eigenvalue weighted by atomic mass is 10.1. The summed E-state index contributed by atoms with van der Waals surface area (Å²) in [6.45, 7) is 3.71. The summed E-state index contributed by atoms with van der Waals surface area (Å²) in [7, 11) is 0. The Labute approximate surface area is 116 Å². The van der Waals surface area contributed by atoms with E-state index in [0.29, 0.717) is 5.69 Å². The summed E-state index contributed by atoms with van der Waals surface area (Å²) >= 11 is 1.71. The van der Waals surface area contributed by atoms with Gasteiger partial charge in [-0.3, -0.25) is 0 Å². The van der Waals surface area contributed by atoms with Crippen LogP contribution in [0, 0.1) is 0 Å². The molecule has 0 saturated heterocycles. The van der Waals surface area contributed by atoms with E-state index in [9.17, 15) is 4.79 Å². The van der Waals surface area contributed by atoms with Gasteiger partial charge in [0.25, 0.3) is 0 Å². The molecule has 1 aromatic carbocycles. The van der Waals surface area contributed by atoms with Gasteiger partial charge in [-0.2, -0.15) is 0 Å². The normalized spacial score (nSPS) is 10.4. The number of carboxylic acid groups (broad SMARTS) is 1. The van der Waals surface area contributed by atoms with Crippen LogP contribution in [0.25, 0.3) is 0 Å². The maximum absolute atomic E-state index is 10.9. The minimum absolute atomic E-state index is 0.149. The number of nitrogens with two attached hydrogens (primary N) is 1. The molecule has 0 spiro atoms. The first kappa shape index (κ1) is 13.4. The van der Waals surface area contributed by atoms with Crippen LogP contribution in [-0.4, -0.2) is 17.6 Å². The van der Waals surface area contributed by atoms with Gasteiger partial charge in [0.1, 0.15) is 0 Å². The van der Waals surface area contributed by atoms with Crippen LogP contribution in [0.3, 0.4) is 0 Å². The Morgan fingerprint density at radius 2 is 2.21 bits per heavy atom. The third kappa shape index (κ3) is 3.06. The average Bonchev–Trinajstić information content (AvgIpc) is 2.88. The first-order valence-electron chi connectivity index (χ1n) is 6.02. The number of carboxylic acids is 1. The second-order valence-corrected chi connectivity index (χ2v) is 5.20. The number of hydrogen-bond donors (Lipinski definition) is 2. The Morgan fingerprint density at radius 1 is 1.42 bits per heavy atom. The molecule has 0 radical (unpaired) electrons. The third-order valence-electron chi connectivity index (χ3n) is 2.94. The van der Waals surface area contributed by atoms with E-state index >= 15 is 0 Å². The third-order valence-corrected chi connectivity index (χ3v) is 3.80. The molecule has 0 saturated carbocycles. The summed E-state index contributed by atoms with van der Waals surface area (Å²) in [5.41, 5.74) is 7.18.